The van der Waals surface area contributed by atoms with Crippen LogP contribution in [0.3, 0.4) is 0 Å². The minimum Gasteiger partial charge on any atom is -0.381 e. The molecule has 2 atom stereocenters. The van der Waals surface area contributed by atoms with E-state index in [1.165, 1.54) is 0 Å². The van der Waals surface area contributed by atoms with E-state index in [0.717, 1.165) is 82.9 Å². The Morgan fingerprint density at radius 3 is 2.93 bits per heavy atom. The number of aliphatic imine (C=N–C) groups is 1. The van der Waals surface area contributed by atoms with Gasteiger partial charge in [-0.3, -0.25) is 4.99 Å². The van der Waals surface area contributed by atoms with Crippen LogP contribution < -0.4 is 15.5 Å². The first-order valence-corrected chi connectivity index (χ1v) is 10.7. The smallest absolute Gasteiger partial charge is 0.191 e. The molecule has 1 aromatic rings. The molecule has 3 heterocycles. The first-order chi connectivity index (χ1) is 14.2. The van der Waals surface area contributed by atoms with Crippen molar-refractivity contribution in [3.63, 3.8) is 0 Å². The first kappa shape index (κ1) is 25.1. The number of ether oxygens (including phenoxy) is 3. The van der Waals surface area contributed by atoms with Gasteiger partial charge in [-0.25, -0.2) is 4.98 Å². The molecule has 2 saturated heterocycles. The average molecular weight is 533 g/mol. The minimum atomic E-state index is 0. The zero-order chi connectivity index (χ0) is 20.3. The van der Waals surface area contributed by atoms with Crippen molar-refractivity contribution in [2.24, 2.45) is 10.9 Å². The molecule has 0 radical (unpaired) electrons. The van der Waals surface area contributed by atoms with Crippen LogP contribution in [0.2, 0.25) is 0 Å². The van der Waals surface area contributed by atoms with Crippen LogP contribution in [0.5, 0.6) is 0 Å². The summed E-state index contributed by atoms with van der Waals surface area (Å²) < 4.78 is 16.7. The molecule has 170 valence electrons. The largest absolute Gasteiger partial charge is 0.381 e. The predicted molar refractivity (Wildman–Crippen MR) is 130 cm³/mol. The fourth-order valence-electron chi connectivity index (χ4n) is 3.49. The van der Waals surface area contributed by atoms with Crippen molar-refractivity contribution in [3.05, 3.63) is 23.9 Å². The Kier molecular flexibility index (Phi) is 11.7. The Balaban J connectivity index is 0.00000320. The summed E-state index contributed by atoms with van der Waals surface area (Å²) in [6, 6.07) is 4.20. The van der Waals surface area contributed by atoms with Crippen LogP contribution in [0.4, 0.5) is 5.82 Å². The van der Waals surface area contributed by atoms with Gasteiger partial charge in [-0.15, -0.1) is 24.0 Å². The lowest BCUT2D eigenvalue weighted by Crippen LogP contribution is -2.41. The van der Waals surface area contributed by atoms with Crippen LogP contribution in [0, 0.1) is 5.92 Å². The Labute approximate surface area is 197 Å². The molecule has 2 unspecified atom stereocenters. The molecule has 0 spiro atoms. The van der Waals surface area contributed by atoms with Crippen LogP contribution in [0.1, 0.15) is 25.3 Å². The van der Waals surface area contributed by atoms with Crippen molar-refractivity contribution in [1.29, 1.82) is 0 Å². The van der Waals surface area contributed by atoms with E-state index >= 15 is 0 Å². The van der Waals surface area contributed by atoms with Gasteiger partial charge < -0.3 is 29.7 Å². The minimum absolute atomic E-state index is 0. The topological polar surface area (TPSA) is 80.2 Å². The summed E-state index contributed by atoms with van der Waals surface area (Å²) in [5, 5.41) is 6.66. The van der Waals surface area contributed by atoms with Crippen LogP contribution >= 0.6 is 24.0 Å². The average Bonchev–Trinajstić information content (AvgIpc) is 3.26. The maximum Gasteiger partial charge on any atom is 0.191 e. The van der Waals surface area contributed by atoms with E-state index in [2.05, 4.69) is 44.6 Å². The molecule has 8 nitrogen and oxygen atoms in total. The second kappa shape index (κ2) is 14.0. The number of hydrogen-bond donors (Lipinski definition) is 2. The van der Waals surface area contributed by atoms with Gasteiger partial charge in [0.2, 0.25) is 0 Å². The molecule has 2 fully saturated rings. The van der Waals surface area contributed by atoms with Gasteiger partial charge in [0.05, 0.1) is 25.9 Å². The highest BCUT2D eigenvalue weighted by Crippen LogP contribution is 2.15. The van der Waals surface area contributed by atoms with Gasteiger partial charge >= 0.3 is 0 Å². The predicted octanol–water partition coefficient (Wildman–Crippen LogP) is 2.03. The van der Waals surface area contributed by atoms with E-state index in [0.29, 0.717) is 12.5 Å². The molecular weight excluding hydrogens is 497 g/mol. The molecule has 3 rings (SSSR count). The number of anilines is 1. The van der Waals surface area contributed by atoms with E-state index in [-0.39, 0.29) is 30.1 Å². The van der Waals surface area contributed by atoms with Gasteiger partial charge in [0, 0.05) is 58.6 Å². The fourth-order valence-corrected chi connectivity index (χ4v) is 3.49. The highest BCUT2D eigenvalue weighted by molar-refractivity contribution is 14.0. The van der Waals surface area contributed by atoms with Crippen LogP contribution in [-0.2, 0) is 20.8 Å². The molecule has 2 N–H and O–H groups in total. The number of guanidine groups is 1. The number of halogens is 1. The second-order valence-corrected chi connectivity index (χ2v) is 7.66. The SMILES string of the molecule is CN=C(NCCCOCC1CCOC1)NCc1ccc(N2CCOC(C)C2)nc1.I. The first-order valence-electron chi connectivity index (χ1n) is 10.7. The maximum absolute atomic E-state index is 5.73. The fraction of sp³-hybridized carbons (Fsp3) is 0.714. The summed E-state index contributed by atoms with van der Waals surface area (Å²) in [6.07, 6.45) is 4.25. The number of rotatable bonds is 9. The zero-order valence-corrected chi connectivity index (χ0v) is 20.5. The summed E-state index contributed by atoms with van der Waals surface area (Å²) in [4.78, 5) is 11.2. The number of nitrogens with zero attached hydrogens (tertiary/aromatic N) is 3. The van der Waals surface area contributed by atoms with Crippen molar-refractivity contribution >= 4 is 35.8 Å². The number of morpholine rings is 1. The molecule has 9 heteroatoms. The normalized spacial score (nSPS) is 21.9. The van der Waals surface area contributed by atoms with Crippen molar-refractivity contribution in [2.45, 2.75) is 32.4 Å². The van der Waals surface area contributed by atoms with E-state index in [1.807, 2.05) is 6.20 Å². The summed E-state index contributed by atoms with van der Waals surface area (Å²) in [5.74, 6) is 2.37. The summed E-state index contributed by atoms with van der Waals surface area (Å²) in [5.41, 5.74) is 1.13. The zero-order valence-electron chi connectivity index (χ0n) is 18.1. The van der Waals surface area contributed by atoms with Gasteiger partial charge in [-0.05, 0) is 31.4 Å². The van der Waals surface area contributed by atoms with Gasteiger partial charge in [-0.2, -0.15) is 0 Å². The van der Waals surface area contributed by atoms with E-state index in [4.69, 9.17) is 14.2 Å². The highest BCUT2D eigenvalue weighted by atomic mass is 127. The molecule has 30 heavy (non-hydrogen) atoms. The number of nitrogens with one attached hydrogen (secondary N) is 2. The lowest BCUT2D eigenvalue weighted by atomic mass is 10.1. The molecule has 0 aliphatic carbocycles. The van der Waals surface area contributed by atoms with E-state index in [9.17, 15) is 0 Å². The second-order valence-electron chi connectivity index (χ2n) is 7.66. The van der Waals surface area contributed by atoms with Gasteiger partial charge in [0.25, 0.3) is 0 Å². The van der Waals surface area contributed by atoms with Crippen LogP contribution in [0.25, 0.3) is 0 Å². The quantitative estimate of drug-likeness (QED) is 0.218. The van der Waals surface area contributed by atoms with Crippen molar-refractivity contribution < 1.29 is 14.2 Å². The summed E-state index contributed by atoms with van der Waals surface area (Å²) >= 11 is 0. The molecule has 0 amide bonds. The van der Waals surface area contributed by atoms with E-state index in [1.54, 1.807) is 7.05 Å². The number of hydrogen-bond acceptors (Lipinski definition) is 6. The molecule has 2 aliphatic rings. The Morgan fingerprint density at radius 2 is 2.23 bits per heavy atom. The van der Waals surface area contributed by atoms with Crippen LogP contribution in [0.15, 0.2) is 23.3 Å². The lowest BCUT2D eigenvalue weighted by Gasteiger charge is -2.32. The van der Waals surface area contributed by atoms with Crippen molar-refractivity contribution in [1.82, 2.24) is 15.6 Å². The molecule has 1 aromatic heterocycles. The Morgan fingerprint density at radius 1 is 1.33 bits per heavy atom. The Bertz CT molecular complexity index is 626. The third-order valence-electron chi connectivity index (χ3n) is 5.19. The standard InChI is InChI=1S/C21H35N5O3.HI/c1-17-14-26(8-11-29-17)20-5-4-18(12-24-20)13-25-21(22-2)23-7-3-9-27-15-19-6-10-28-16-19;/h4-5,12,17,19H,3,6-11,13-16H2,1-2H3,(H2,22,23,25);1H. The Hall–Kier alpha value is -1.17. The third kappa shape index (κ3) is 8.52. The maximum atomic E-state index is 5.73. The molecular formula is C21H36IN5O3. The van der Waals surface area contributed by atoms with E-state index < -0.39 is 0 Å². The molecule has 0 bridgehead atoms. The summed E-state index contributed by atoms with van der Waals surface area (Å²) in [6.45, 7) is 9.43. The van der Waals surface area contributed by atoms with Crippen molar-refractivity contribution in [3.8, 4) is 0 Å². The van der Waals surface area contributed by atoms with Gasteiger partial charge in [0.15, 0.2) is 5.96 Å². The molecule has 0 aromatic carbocycles. The monoisotopic (exact) mass is 533 g/mol. The lowest BCUT2D eigenvalue weighted by molar-refractivity contribution is 0.0529. The van der Waals surface area contributed by atoms with Crippen molar-refractivity contribution in [2.75, 3.05) is 64.6 Å². The third-order valence-corrected chi connectivity index (χ3v) is 5.19. The van der Waals surface area contributed by atoms with Crippen LogP contribution in [-0.4, -0.2) is 76.8 Å². The van der Waals surface area contributed by atoms with Gasteiger partial charge in [0.1, 0.15) is 5.82 Å². The molecule has 0 saturated carbocycles. The number of pyridine rings is 1. The summed E-state index contributed by atoms with van der Waals surface area (Å²) in [7, 11) is 1.78. The highest BCUT2D eigenvalue weighted by Gasteiger charge is 2.17. The molecule has 2 aliphatic heterocycles. The van der Waals surface area contributed by atoms with Gasteiger partial charge in [-0.1, -0.05) is 6.07 Å². The number of aromatic nitrogens is 1.